The fourth-order valence-corrected chi connectivity index (χ4v) is 2.20. The fourth-order valence-electron chi connectivity index (χ4n) is 1.48. The third-order valence-electron chi connectivity index (χ3n) is 2.50. The van der Waals surface area contributed by atoms with Gasteiger partial charge in [-0.1, -0.05) is 0 Å². The van der Waals surface area contributed by atoms with Crippen LogP contribution in [0.3, 0.4) is 0 Å². The predicted octanol–water partition coefficient (Wildman–Crippen LogP) is 1.55. The van der Waals surface area contributed by atoms with Crippen LogP contribution in [0.2, 0.25) is 0 Å². The molecule has 0 saturated heterocycles. The summed E-state index contributed by atoms with van der Waals surface area (Å²) in [6.07, 6.45) is 3.40. The minimum atomic E-state index is -0.349. The highest BCUT2D eigenvalue weighted by Crippen LogP contribution is 2.21. The lowest BCUT2D eigenvalue weighted by Gasteiger charge is -2.06. The van der Waals surface area contributed by atoms with Gasteiger partial charge >= 0.3 is 0 Å². The number of halogens is 2. The van der Waals surface area contributed by atoms with Crippen LogP contribution in [-0.4, -0.2) is 21.1 Å². The highest BCUT2D eigenvalue weighted by molar-refractivity contribution is 9.13. The van der Waals surface area contributed by atoms with Gasteiger partial charge in [0.05, 0.1) is 16.6 Å². The molecule has 6 nitrogen and oxygen atoms in total. The second-order valence-corrected chi connectivity index (χ2v) is 5.52. The van der Waals surface area contributed by atoms with Gasteiger partial charge in [0.25, 0.3) is 5.56 Å². The van der Waals surface area contributed by atoms with E-state index in [1.54, 1.807) is 12.4 Å². The average molecular weight is 402 g/mol. The molecule has 1 amide bonds. The maximum Gasteiger partial charge on any atom is 0.279 e. The van der Waals surface area contributed by atoms with E-state index in [1.807, 2.05) is 12.1 Å². The van der Waals surface area contributed by atoms with Crippen LogP contribution in [0.15, 0.2) is 38.3 Å². The van der Waals surface area contributed by atoms with E-state index in [9.17, 15) is 9.59 Å². The van der Waals surface area contributed by atoms with Crippen molar-refractivity contribution < 1.29 is 4.79 Å². The van der Waals surface area contributed by atoms with Crippen LogP contribution in [0, 0.1) is 0 Å². The van der Waals surface area contributed by atoms with Crippen molar-refractivity contribution in [2.45, 2.75) is 13.0 Å². The first-order valence-electron chi connectivity index (χ1n) is 5.66. The number of aromatic amines is 1. The quantitative estimate of drug-likeness (QED) is 0.813. The van der Waals surface area contributed by atoms with Crippen molar-refractivity contribution in [3.05, 3.63) is 55.1 Å². The number of H-pyrrole nitrogens is 1. The number of amides is 1. The Morgan fingerprint density at radius 3 is 2.65 bits per heavy atom. The van der Waals surface area contributed by atoms with E-state index in [4.69, 9.17) is 0 Å². The number of aromatic nitrogens is 3. The van der Waals surface area contributed by atoms with Gasteiger partial charge in [-0.05, 0) is 49.6 Å². The van der Waals surface area contributed by atoms with Crippen LogP contribution in [0.1, 0.15) is 11.3 Å². The van der Waals surface area contributed by atoms with E-state index < -0.39 is 0 Å². The Kier molecular flexibility index (Phi) is 5.02. The Bertz CT molecular complexity index is 673. The number of hydrogen-bond acceptors (Lipinski definition) is 4. The van der Waals surface area contributed by atoms with Crippen molar-refractivity contribution in [3.8, 4) is 0 Å². The van der Waals surface area contributed by atoms with E-state index in [2.05, 4.69) is 52.4 Å². The minimum Gasteiger partial charge on any atom is -0.352 e. The number of carbonyl (C=O) groups excluding carboxylic acids is 1. The molecule has 0 fully saturated rings. The summed E-state index contributed by atoms with van der Waals surface area (Å²) in [6, 6.07) is 3.65. The standard InChI is InChI=1S/C12H10Br2N4O2/c13-10-8(17-18-12(20)11(10)14)5-9(19)16-6-7-1-3-15-4-2-7/h1-4H,5-6H2,(H,16,19)(H,18,20). The van der Waals surface area contributed by atoms with E-state index in [0.717, 1.165) is 5.56 Å². The van der Waals surface area contributed by atoms with Crippen LogP contribution >= 0.6 is 31.9 Å². The van der Waals surface area contributed by atoms with Crippen molar-refractivity contribution in [3.63, 3.8) is 0 Å². The van der Waals surface area contributed by atoms with Gasteiger partial charge in [0.2, 0.25) is 5.91 Å². The molecule has 2 aromatic heterocycles. The molecule has 0 spiro atoms. The third-order valence-corrected chi connectivity index (χ3v) is 4.65. The topological polar surface area (TPSA) is 87.7 Å². The lowest BCUT2D eigenvalue weighted by atomic mass is 10.2. The monoisotopic (exact) mass is 400 g/mol. The molecule has 0 aliphatic heterocycles. The molecule has 104 valence electrons. The van der Waals surface area contributed by atoms with E-state index >= 15 is 0 Å². The fraction of sp³-hybridized carbons (Fsp3) is 0.167. The highest BCUT2D eigenvalue weighted by atomic mass is 79.9. The largest absolute Gasteiger partial charge is 0.352 e. The van der Waals surface area contributed by atoms with Crippen molar-refractivity contribution >= 4 is 37.8 Å². The molecule has 2 rings (SSSR count). The van der Waals surface area contributed by atoms with Gasteiger partial charge in [0.1, 0.15) is 4.47 Å². The van der Waals surface area contributed by atoms with Crippen molar-refractivity contribution in [1.29, 1.82) is 0 Å². The van der Waals surface area contributed by atoms with Crippen LogP contribution in [0.4, 0.5) is 0 Å². The van der Waals surface area contributed by atoms with Crippen molar-refractivity contribution in [1.82, 2.24) is 20.5 Å². The maximum atomic E-state index is 11.8. The summed E-state index contributed by atoms with van der Waals surface area (Å²) in [5.41, 5.74) is 1.07. The van der Waals surface area contributed by atoms with E-state index in [-0.39, 0.29) is 17.9 Å². The highest BCUT2D eigenvalue weighted by Gasteiger charge is 2.13. The summed E-state index contributed by atoms with van der Waals surface area (Å²) in [7, 11) is 0. The van der Waals surface area contributed by atoms with Gasteiger partial charge in [-0.2, -0.15) is 5.10 Å². The average Bonchev–Trinajstić information content (AvgIpc) is 2.47. The molecular weight excluding hydrogens is 392 g/mol. The first-order chi connectivity index (χ1) is 9.58. The van der Waals surface area contributed by atoms with Gasteiger partial charge in [0.15, 0.2) is 0 Å². The summed E-state index contributed by atoms with van der Waals surface area (Å²) < 4.78 is 0.810. The van der Waals surface area contributed by atoms with Gasteiger partial charge in [-0.25, -0.2) is 5.10 Å². The number of hydrogen-bond donors (Lipinski definition) is 2. The molecule has 0 bridgehead atoms. The second kappa shape index (κ2) is 6.76. The summed E-state index contributed by atoms with van der Waals surface area (Å²) in [4.78, 5) is 27.0. The molecule has 8 heteroatoms. The zero-order valence-corrected chi connectivity index (χ0v) is 13.4. The molecule has 0 aromatic carbocycles. The summed E-state index contributed by atoms with van der Waals surface area (Å²) >= 11 is 6.36. The molecule has 0 saturated carbocycles. The summed E-state index contributed by atoms with van der Waals surface area (Å²) in [5, 5.41) is 8.94. The molecule has 0 atom stereocenters. The lowest BCUT2D eigenvalue weighted by molar-refractivity contribution is -0.120. The molecule has 2 aromatic rings. The molecule has 0 unspecified atom stereocenters. The normalized spacial score (nSPS) is 10.3. The minimum absolute atomic E-state index is 0.0705. The molecular formula is C12H10Br2N4O2. The number of carbonyl (C=O) groups is 1. The number of pyridine rings is 1. The van der Waals surface area contributed by atoms with E-state index in [0.29, 0.717) is 21.2 Å². The molecule has 0 aliphatic rings. The van der Waals surface area contributed by atoms with Crippen molar-refractivity contribution in [2.75, 3.05) is 0 Å². The zero-order chi connectivity index (χ0) is 14.5. The maximum absolute atomic E-state index is 11.8. The van der Waals surface area contributed by atoms with Gasteiger partial charge in [0, 0.05) is 18.9 Å². The first-order valence-corrected chi connectivity index (χ1v) is 7.24. The lowest BCUT2D eigenvalue weighted by Crippen LogP contribution is -2.26. The summed E-state index contributed by atoms with van der Waals surface area (Å²) in [6.45, 7) is 0.420. The zero-order valence-electron chi connectivity index (χ0n) is 10.2. The number of nitrogens with zero attached hydrogens (tertiary/aromatic N) is 2. The van der Waals surface area contributed by atoms with Crippen LogP contribution in [-0.2, 0) is 17.8 Å². The van der Waals surface area contributed by atoms with Crippen molar-refractivity contribution in [2.24, 2.45) is 0 Å². The molecule has 20 heavy (non-hydrogen) atoms. The van der Waals surface area contributed by atoms with Gasteiger partial charge in [-0.15, -0.1) is 0 Å². The van der Waals surface area contributed by atoms with Gasteiger partial charge < -0.3 is 5.32 Å². The summed E-state index contributed by atoms with van der Waals surface area (Å²) in [5.74, 6) is -0.186. The molecule has 0 radical (unpaired) electrons. The van der Waals surface area contributed by atoms with Gasteiger partial charge in [-0.3, -0.25) is 14.6 Å². The number of nitrogens with one attached hydrogen (secondary N) is 2. The third kappa shape index (κ3) is 3.73. The van der Waals surface area contributed by atoms with E-state index in [1.165, 1.54) is 0 Å². The van der Waals surface area contributed by atoms with Crippen LogP contribution < -0.4 is 10.9 Å². The Hall–Kier alpha value is -1.54. The molecule has 2 N–H and O–H groups in total. The SMILES string of the molecule is O=C(Cc1n[nH]c(=O)c(Br)c1Br)NCc1ccncc1. The molecule has 2 heterocycles. The first kappa shape index (κ1) is 14.9. The molecule has 0 aliphatic carbocycles. The Morgan fingerprint density at radius 1 is 1.25 bits per heavy atom. The Labute approximate surface area is 131 Å². The Balaban J connectivity index is 1.99. The van der Waals surface area contributed by atoms with Crippen LogP contribution in [0.5, 0.6) is 0 Å². The second-order valence-electron chi connectivity index (χ2n) is 3.94. The number of rotatable bonds is 4. The smallest absolute Gasteiger partial charge is 0.279 e. The predicted molar refractivity (Wildman–Crippen MR) is 80.0 cm³/mol. The van der Waals surface area contributed by atoms with Crippen LogP contribution in [0.25, 0.3) is 0 Å². The Morgan fingerprint density at radius 2 is 1.95 bits per heavy atom.